The zero-order valence-electron chi connectivity index (χ0n) is 40.6. The van der Waals surface area contributed by atoms with E-state index in [-0.39, 0.29) is 23.4 Å². The first-order valence-electron chi connectivity index (χ1n) is 25.0. The first-order chi connectivity index (χ1) is 35.0. The lowest BCUT2D eigenvalue weighted by atomic mass is 9.92. The third-order valence-corrected chi connectivity index (χ3v) is 16.0. The van der Waals surface area contributed by atoms with Gasteiger partial charge in [0.1, 0.15) is 18.2 Å². The van der Waals surface area contributed by atoms with Crippen LogP contribution >= 0.6 is 11.3 Å². The van der Waals surface area contributed by atoms with E-state index >= 15 is 0 Å². The van der Waals surface area contributed by atoms with Crippen molar-refractivity contribution in [3.63, 3.8) is 0 Å². The first kappa shape index (κ1) is 47.1. The van der Waals surface area contributed by atoms with E-state index in [1.807, 2.05) is 96.3 Å². The lowest BCUT2D eigenvalue weighted by Crippen LogP contribution is -2.49. The standard InChI is InChI=1S/C55H58N10O6S/c1-34-38(39-15-17-48(57-51(39)54(69)70)65-24-21-36-7-5-9-40(43(36)33-65)52(67)59-55-56-44-10-3-4-12-47(44)72-55)8-6-11-46(34)71-30-29-62-25-27-63(28-26-62)32-35-19-22-64(23-20-35)37-13-14-41-45(31-37)61(2)60-50(41)42-16-18-49(66)58-53(42)68/h3-15,17,31,35,42H,16,18-30,32-33H2,1-2H3,(H,69,70)(H,56,59,67)(H,58,66,68). The molecule has 4 aliphatic rings. The summed E-state index contributed by atoms with van der Waals surface area (Å²) in [6.45, 7) is 11.4. The van der Waals surface area contributed by atoms with Crippen molar-refractivity contribution in [2.45, 2.75) is 51.5 Å². The van der Waals surface area contributed by atoms with Crippen molar-refractivity contribution in [3.05, 3.63) is 125 Å². The molecule has 370 valence electrons. The number of imide groups is 1. The molecule has 3 N–H and O–H groups in total. The number of nitrogens with zero attached hydrogens (tertiary/aromatic N) is 8. The van der Waals surface area contributed by atoms with Crippen LogP contribution in [0.5, 0.6) is 5.75 Å². The molecular weight excluding hydrogens is 929 g/mol. The molecular formula is C55H58N10O6S. The van der Waals surface area contributed by atoms with E-state index in [4.69, 9.17) is 14.8 Å². The van der Waals surface area contributed by atoms with Gasteiger partial charge in [0, 0.05) is 101 Å². The summed E-state index contributed by atoms with van der Waals surface area (Å²) in [6.07, 6.45) is 3.77. The van der Waals surface area contributed by atoms with E-state index in [2.05, 4.69) is 48.5 Å². The number of rotatable bonds is 13. The number of thiazole rings is 1. The average Bonchev–Trinajstić information content (AvgIpc) is 3.96. The molecule has 1 unspecified atom stereocenters. The second kappa shape index (κ2) is 20.1. The fraction of sp³-hybridized carbons (Fsp3) is 0.364. The predicted octanol–water partition coefficient (Wildman–Crippen LogP) is 7.50. The fourth-order valence-corrected chi connectivity index (χ4v) is 11.9. The highest BCUT2D eigenvalue weighted by Crippen LogP contribution is 2.36. The van der Waals surface area contributed by atoms with Crippen LogP contribution in [0.3, 0.4) is 0 Å². The third kappa shape index (κ3) is 9.63. The van der Waals surface area contributed by atoms with E-state index in [1.165, 1.54) is 17.0 Å². The Morgan fingerprint density at radius 1 is 0.833 bits per heavy atom. The van der Waals surface area contributed by atoms with Crippen LogP contribution in [-0.2, 0) is 29.6 Å². The maximum absolute atomic E-state index is 13.7. The Hall–Kier alpha value is -7.21. The Balaban J connectivity index is 0.662. The predicted molar refractivity (Wildman–Crippen MR) is 279 cm³/mol. The molecule has 0 saturated carbocycles. The van der Waals surface area contributed by atoms with Crippen LogP contribution in [0.2, 0.25) is 0 Å². The van der Waals surface area contributed by atoms with Crippen LogP contribution in [0, 0.1) is 12.8 Å². The van der Waals surface area contributed by atoms with E-state index in [0.717, 1.165) is 120 Å². The highest BCUT2D eigenvalue weighted by molar-refractivity contribution is 7.22. The van der Waals surface area contributed by atoms with Crippen molar-refractivity contribution in [1.82, 2.24) is 34.9 Å². The van der Waals surface area contributed by atoms with Crippen LogP contribution in [0.4, 0.5) is 16.6 Å². The van der Waals surface area contributed by atoms with E-state index < -0.39 is 11.9 Å². The minimum Gasteiger partial charge on any atom is -0.492 e. The van der Waals surface area contributed by atoms with E-state index in [0.29, 0.717) is 67.0 Å². The van der Waals surface area contributed by atoms with Gasteiger partial charge >= 0.3 is 5.97 Å². The molecule has 3 saturated heterocycles. The number of para-hydroxylation sites is 1. The Bertz CT molecular complexity index is 3190. The Morgan fingerprint density at radius 2 is 1.64 bits per heavy atom. The monoisotopic (exact) mass is 986 g/mol. The lowest BCUT2D eigenvalue weighted by molar-refractivity contribution is -0.134. The first-order valence-corrected chi connectivity index (χ1v) is 25.8. The van der Waals surface area contributed by atoms with Gasteiger partial charge in [-0.15, -0.1) is 0 Å². The summed E-state index contributed by atoms with van der Waals surface area (Å²) in [7, 11) is 1.92. The Kier molecular flexibility index (Phi) is 13.2. The molecule has 0 spiro atoms. The van der Waals surface area contributed by atoms with Gasteiger partial charge in [-0.1, -0.05) is 47.7 Å². The molecule has 7 aromatic rings. The summed E-state index contributed by atoms with van der Waals surface area (Å²) < 4.78 is 9.25. The molecule has 1 atom stereocenters. The summed E-state index contributed by atoms with van der Waals surface area (Å²) in [5.41, 5.74) is 8.41. The number of aromatic carboxylic acids is 1. The highest BCUT2D eigenvalue weighted by atomic mass is 32.1. The molecule has 11 rings (SSSR count). The summed E-state index contributed by atoms with van der Waals surface area (Å²) in [5, 5.41) is 22.2. The Labute approximate surface area is 421 Å². The summed E-state index contributed by atoms with van der Waals surface area (Å²) >= 11 is 1.44. The van der Waals surface area contributed by atoms with Gasteiger partial charge in [0.25, 0.3) is 5.91 Å². The number of anilines is 3. The number of carboxylic acid groups (broad SMARTS) is 1. The average molecular weight is 987 g/mol. The molecule has 4 aromatic carbocycles. The summed E-state index contributed by atoms with van der Waals surface area (Å²) in [4.78, 5) is 69.8. The van der Waals surface area contributed by atoms with E-state index in [1.54, 1.807) is 0 Å². The molecule has 0 radical (unpaired) electrons. The molecule has 0 bridgehead atoms. The van der Waals surface area contributed by atoms with Gasteiger partial charge in [0.05, 0.1) is 27.3 Å². The zero-order valence-corrected chi connectivity index (χ0v) is 41.4. The number of carbonyl (C=O) groups is 4. The van der Waals surface area contributed by atoms with Gasteiger partial charge in [0.2, 0.25) is 11.8 Å². The number of ether oxygens (including phenoxy) is 1. The number of piperazine rings is 1. The maximum atomic E-state index is 13.7. The van der Waals surface area contributed by atoms with E-state index in [9.17, 15) is 24.3 Å². The van der Waals surface area contributed by atoms with Crippen LogP contribution in [0.25, 0.3) is 32.2 Å². The fourth-order valence-electron chi connectivity index (χ4n) is 11.0. The number of nitrogens with one attached hydrogen (secondary N) is 2. The van der Waals surface area contributed by atoms with Crippen molar-refractivity contribution in [2.75, 3.05) is 80.6 Å². The largest absolute Gasteiger partial charge is 0.492 e. The number of carbonyl (C=O) groups excluding carboxylic acids is 3. The Morgan fingerprint density at radius 3 is 2.44 bits per heavy atom. The number of amides is 3. The molecule has 3 fully saturated rings. The topological polar surface area (TPSA) is 178 Å². The van der Waals surface area contributed by atoms with Crippen LogP contribution in [0.15, 0.2) is 91.0 Å². The van der Waals surface area contributed by atoms with Crippen LogP contribution in [-0.4, -0.2) is 124 Å². The van der Waals surface area contributed by atoms with Crippen molar-refractivity contribution >= 4 is 72.8 Å². The molecule has 16 nitrogen and oxygen atoms in total. The van der Waals surface area contributed by atoms with Crippen molar-refractivity contribution in [3.8, 4) is 16.9 Å². The number of carboxylic acids is 1. The van der Waals surface area contributed by atoms with Crippen molar-refractivity contribution < 1.29 is 29.0 Å². The number of piperidine rings is 2. The minimum absolute atomic E-state index is 0.0325. The number of benzene rings is 4. The number of pyridine rings is 1. The van der Waals surface area contributed by atoms with Crippen molar-refractivity contribution in [2.24, 2.45) is 13.0 Å². The lowest BCUT2D eigenvalue weighted by Gasteiger charge is -2.39. The second-order valence-electron chi connectivity index (χ2n) is 19.5. The third-order valence-electron chi connectivity index (χ3n) is 15.1. The smallest absolute Gasteiger partial charge is 0.355 e. The summed E-state index contributed by atoms with van der Waals surface area (Å²) in [5.74, 6) is -0.324. The van der Waals surface area contributed by atoms with Crippen LogP contribution in [0.1, 0.15) is 74.8 Å². The molecule has 3 aromatic heterocycles. The number of aryl methyl sites for hydroxylation is 1. The molecule has 72 heavy (non-hydrogen) atoms. The van der Waals surface area contributed by atoms with Crippen LogP contribution < -0.4 is 25.2 Å². The minimum atomic E-state index is -1.11. The number of hydrogen-bond acceptors (Lipinski definition) is 13. The summed E-state index contributed by atoms with van der Waals surface area (Å²) in [6, 6.07) is 29.5. The van der Waals surface area contributed by atoms with Gasteiger partial charge in [0.15, 0.2) is 10.8 Å². The van der Waals surface area contributed by atoms with Gasteiger partial charge in [-0.3, -0.25) is 34.6 Å². The molecule has 17 heteroatoms. The number of fused-ring (bicyclic) bond motifs is 3. The molecule has 7 heterocycles. The second-order valence-corrected chi connectivity index (χ2v) is 20.5. The maximum Gasteiger partial charge on any atom is 0.355 e. The van der Waals surface area contributed by atoms with Crippen molar-refractivity contribution in [1.29, 1.82) is 0 Å². The quantitative estimate of drug-likeness (QED) is 0.0969. The van der Waals surface area contributed by atoms with Gasteiger partial charge in [-0.05, 0) is 115 Å². The highest BCUT2D eigenvalue weighted by Gasteiger charge is 2.33. The van der Waals surface area contributed by atoms with Gasteiger partial charge < -0.3 is 24.5 Å². The molecule has 3 amide bonds. The number of aromatic nitrogens is 4. The van der Waals surface area contributed by atoms with Gasteiger partial charge in [-0.2, -0.15) is 5.10 Å². The number of hydrogen-bond donors (Lipinski definition) is 3. The normalized spacial score (nSPS) is 18.1. The zero-order chi connectivity index (χ0) is 49.5. The molecule has 0 aliphatic carbocycles. The van der Waals surface area contributed by atoms with Gasteiger partial charge in [-0.25, -0.2) is 14.8 Å². The SMILES string of the molecule is Cc1c(OCCN2CCN(CC3CCN(c4ccc5c(C6CCC(=O)NC6=O)nn(C)c5c4)CC3)CC2)cccc1-c1ccc(N2CCc3cccc(C(=O)Nc4nc5ccccc5s4)c3C2)nc1C(=O)O. The molecule has 4 aliphatic heterocycles.